The summed E-state index contributed by atoms with van der Waals surface area (Å²) in [6.07, 6.45) is 4.24. The molecule has 0 aliphatic heterocycles. The Hall–Kier alpha value is -1.85. The second kappa shape index (κ2) is 5.86. The van der Waals surface area contributed by atoms with Gasteiger partial charge in [-0.1, -0.05) is 12.8 Å². The van der Waals surface area contributed by atoms with Gasteiger partial charge < -0.3 is 14.7 Å². The van der Waals surface area contributed by atoms with Gasteiger partial charge in [0.25, 0.3) is 0 Å². The largest absolute Gasteiger partial charge is 0.481 e. The van der Waals surface area contributed by atoms with Gasteiger partial charge >= 0.3 is 5.97 Å². The van der Waals surface area contributed by atoms with Gasteiger partial charge in [-0.15, -0.1) is 0 Å². The van der Waals surface area contributed by atoms with E-state index in [9.17, 15) is 4.79 Å². The van der Waals surface area contributed by atoms with Gasteiger partial charge in [-0.3, -0.25) is 4.79 Å². The second-order valence-electron chi connectivity index (χ2n) is 4.81. The smallest absolute Gasteiger partial charge is 0.323 e. The Labute approximate surface area is 112 Å². The molecule has 1 N–H and O–H groups in total. The van der Waals surface area contributed by atoms with Crippen LogP contribution in [-0.2, 0) is 4.79 Å². The lowest BCUT2D eigenvalue weighted by Gasteiger charge is -2.27. The third-order valence-electron chi connectivity index (χ3n) is 3.36. The molecule has 104 valence electrons. The molecule has 0 bridgehead atoms. The molecule has 0 aromatic carbocycles. The predicted molar refractivity (Wildman–Crippen MR) is 70.6 cm³/mol. The third-order valence-corrected chi connectivity index (χ3v) is 3.36. The molecule has 1 saturated carbocycles. The van der Waals surface area contributed by atoms with Crippen molar-refractivity contribution in [2.75, 3.05) is 18.6 Å². The number of aromatic nitrogens is 2. The van der Waals surface area contributed by atoms with Crippen LogP contribution in [0.1, 0.15) is 31.4 Å². The van der Waals surface area contributed by atoms with Gasteiger partial charge in [0.1, 0.15) is 6.54 Å². The first-order valence-corrected chi connectivity index (χ1v) is 6.48. The molecule has 0 atom stereocenters. The van der Waals surface area contributed by atoms with Gasteiger partial charge in [-0.2, -0.15) is 4.98 Å². The van der Waals surface area contributed by atoms with Crippen molar-refractivity contribution in [3.05, 3.63) is 11.8 Å². The maximum atomic E-state index is 11.1. The Morgan fingerprint density at radius 2 is 2.16 bits per heavy atom. The van der Waals surface area contributed by atoms with Gasteiger partial charge in [-0.05, 0) is 19.8 Å². The molecule has 0 radical (unpaired) electrons. The van der Waals surface area contributed by atoms with Crippen LogP contribution >= 0.6 is 0 Å². The summed E-state index contributed by atoms with van der Waals surface area (Å²) in [5.41, 5.74) is 0.773. The lowest BCUT2D eigenvalue weighted by Crippen LogP contribution is -2.39. The number of ether oxygens (including phenoxy) is 1. The summed E-state index contributed by atoms with van der Waals surface area (Å²) in [6.45, 7) is 1.78. The number of aryl methyl sites for hydroxylation is 1. The molecular formula is C13H19N3O3. The van der Waals surface area contributed by atoms with Gasteiger partial charge in [0.15, 0.2) is 0 Å². The average molecular weight is 265 g/mol. The number of nitrogens with zero attached hydrogens (tertiary/aromatic N) is 3. The fraction of sp³-hybridized carbons (Fsp3) is 0.615. The van der Waals surface area contributed by atoms with Crippen molar-refractivity contribution in [3.63, 3.8) is 0 Å². The highest BCUT2D eigenvalue weighted by Gasteiger charge is 2.27. The van der Waals surface area contributed by atoms with Gasteiger partial charge in [0.2, 0.25) is 11.8 Å². The number of aliphatic carboxylic acids is 1. The number of hydrogen-bond donors (Lipinski definition) is 1. The Morgan fingerprint density at radius 1 is 1.47 bits per heavy atom. The number of hydrogen-bond acceptors (Lipinski definition) is 5. The molecule has 1 heterocycles. The number of carbonyl (C=O) groups is 1. The molecule has 19 heavy (non-hydrogen) atoms. The molecule has 1 fully saturated rings. The highest BCUT2D eigenvalue weighted by atomic mass is 16.5. The van der Waals surface area contributed by atoms with Crippen molar-refractivity contribution >= 4 is 11.9 Å². The highest BCUT2D eigenvalue weighted by Crippen LogP contribution is 2.27. The van der Waals surface area contributed by atoms with Crippen LogP contribution in [0.3, 0.4) is 0 Å². The van der Waals surface area contributed by atoms with E-state index in [-0.39, 0.29) is 12.6 Å². The maximum Gasteiger partial charge on any atom is 0.323 e. The van der Waals surface area contributed by atoms with Crippen LogP contribution in [-0.4, -0.2) is 40.7 Å². The Kier molecular flexibility index (Phi) is 4.19. The normalized spacial score (nSPS) is 15.5. The minimum absolute atomic E-state index is 0.0721. The summed E-state index contributed by atoms with van der Waals surface area (Å²) >= 11 is 0. The zero-order valence-corrected chi connectivity index (χ0v) is 11.3. The molecule has 0 spiro atoms. The molecule has 1 aromatic rings. The van der Waals surface area contributed by atoms with E-state index in [1.54, 1.807) is 18.1 Å². The predicted octanol–water partition coefficient (Wildman–Crippen LogP) is 1.63. The number of carboxylic acid groups (broad SMARTS) is 1. The van der Waals surface area contributed by atoms with Crippen LogP contribution in [0.25, 0.3) is 0 Å². The molecular weight excluding hydrogens is 246 g/mol. The summed E-state index contributed by atoms with van der Waals surface area (Å²) < 4.78 is 5.13. The molecule has 0 unspecified atom stereocenters. The molecule has 2 rings (SSSR count). The van der Waals surface area contributed by atoms with E-state index in [0.29, 0.717) is 11.8 Å². The van der Waals surface area contributed by atoms with E-state index in [1.165, 1.54) is 0 Å². The SMILES string of the molecule is COc1cc(C)nc(N(CC(=O)O)C2CCCC2)n1. The second-order valence-corrected chi connectivity index (χ2v) is 4.81. The zero-order valence-electron chi connectivity index (χ0n) is 11.3. The molecule has 1 aliphatic rings. The van der Waals surface area contributed by atoms with E-state index in [0.717, 1.165) is 31.4 Å². The fourth-order valence-corrected chi connectivity index (χ4v) is 2.48. The first-order chi connectivity index (χ1) is 9.10. The van der Waals surface area contributed by atoms with Crippen LogP contribution in [0.4, 0.5) is 5.95 Å². The topological polar surface area (TPSA) is 75.5 Å². The van der Waals surface area contributed by atoms with E-state index >= 15 is 0 Å². The lowest BCUT2D eigenvalue weighted by atomic mass is 10.2. The average Bonchev–Trinajstić information content (AvgIpc) is 2.88. The van der Waals surface area contributed by atoms with Crippen molar-refractivity contribution in [1.82, 2.24) is 9.97 Å². The summed E-state index contributed by atoms with van der Waals surface area (Å²) in [4.78, 5) is 21.5. The lowest BCUT2D eigenvalue weighted by molar-refractivity contribution is -0.135. The Bertz CT molecular complexity index is 458. The minimum Gasteiger partial charge on any atom is -0.481 e. The third kappa shape index (κ3) is 3.33. The van der Waals surface area contributed by atoms with Crippen molar-refractivity contribution in [3.8, 4) is 5.88 Å². The fourth-order valence-electron chi connectivity index (χ4n) is 2.48. The number of methoxy groups -OCH3 is 1. The van der Waals surface area contributed by atoms with Crippen molar-refractivity contribution in [1.29, 1.82) is 0 Å². The monoisotopic (exact) mass is 265 g/mol. The Morgan fingerprint density at radius 3 is 2.74 bits per heavy atom. The number of anilines is 1. The van der Waals surface area contributed by atoms with E-state index in [2.05, 4.69) is 9.97 Å². The van der Waals surface area contributed by atoms with Crippen LogP contribution < -0.4 is 9.64 Å². The van der Waals surface area contributed by atoms with Crippen LogP contribution in [0.2, 0.25) is 0 Å². The quantitative estimate of drug-likeness (QED) is 0.872. The highest BCUT2D eigenvalue weighted by molar-refractivity contribution is 5.73. The van der Waals surface area contributed by atoms with Gasteiger partial charge in [-0.25, -0.2) is 4.98 Å². The first kappa shape index (κ1) is 13.6. The molecule has 0 saturated heterocycles. The van der Waals surface area contributed by atoms with Crippen molar-refractivity contribution in [2.24, 2.45) is 0 Å². The molecule has 0 amide bonds. The van der Waals surface area contributed by atoms with Gasteiger partial charge in [0.05, 0.1) is 7.11 Å². The van der Waals surface area contributed by atoms with E-state index in [1.807, 2.05) is 6.92 Å². The van der Waals surface area contributed by atoms with Crippen molar-refractivity contribution in [2.45, 2.75) is 38.6 Å². The van der Waals surface area contributed by atoms with Crippen LogP contribution in [0, 0.1) is 6.92 Å². The zero-order chi connectivity index (χ0) is 13.8. The molecule has 1 aliphatic carbocycles. The standard InChI is InChI=1S/C13H19N3O3/c1-9-7-11(19-2)15-13(14-9)16(8-12(17)18)10-5-3-4-6-10/h7,10H,3-6,8H2,1-2H3,(H,17,18). The minimum atomic E-state index is -0.865. The molecule has 1 aromatic heterocycles. The summed E-state index contributed by atoms with van der Waals surface area (Å²) in [5, 5.41) is 9.07. The van der Waals surface area contributed by atoms with Crippen molar-refractivity contribution < 1.29 is 14.6 Å². The van der Waals surface area contributed by atoms with Gasteiger partial charge in [0, 0.05) is 17.8 Å². The summed E-state index contributed by atoms with van der Waals surface area (Å²) in [6, 6.07) is 1.94. The van der Waals surface area contributed by atoms with Crippen LogP contribution in [0.5, 0.6) is 5.88 Å². The number of carboxylic acids is 1. The van der Waals surface area contributed by atoms with E-state index in [4.69, 9.17) is 9.84 Å². The van der Waals surface area contributed by atoms with Crippen LogP contribution in [0.15, 0.2) is 6.07 Å². The van der Waals surface area contributed by atoms with E-state index < -0.39 is 5.97 Å². The Balaban J connectivity index is 2.30. The molecule has 6 heteroatoms. The summed E-state index contributed by atoms with van der Waals surface area (Å²) in [7, 11) is 1.54. The maximum absolute atomic E-state index is 11.1. The molecule has 6 nitrogen and oxygen atoms in total. The first-order valence-electron chi connectivity index (χ1n) is 6.48. The number of rotatable bonds is 5. The summed E-state index contributed by atoms with van der Waals surface area (Å²) in [5.74, 6) is 0.0537.